The highest BCUT2D eigenvalue weighted by atomic mass is 19.1. The summed E-state index contributed by atoms with van der Waals surface area (Å²) in [7, 11) is 0. The summed E-state index contributed by atoms with van der Waals surface area (Å²) in [4.78, 5) is 31.0. The van der Waals surface area contributed by atoms with E-state index in [1.807, 2.05) is 0 Å². The number of benzene rings is 2. The number of rotatable bonds is 3. The lowest BCUT2D eigenvalue weighted by atomic mass is 9.95. The monoisotopic (exact) mass is 374 g/mol. The zero-order valence-corrected chi connectivity index (χ0v) is 14.6. The summed E-state index contributed by atoms with van der Waals surface area (Å²) in [6, 6.07) is 16.4. The highest BCUT2D eigenvalue weighted by molar-refractivity contribution is 6.51. The second kappa shape index (κ2) is 7.08. The molecule has 0 unspecified atom stereocenters. The molecule has 0 spiro atoms. The number of carbonyl (C=O) groups excluding carboxylic acids is 2. The summed E-state index contributed by atoms with van der Waals surface area (Å²) >= 11 is 0. The fourth-order valence-corrected chi connectivity index (χ4v) is 3.31. The summed E-state index contributed by atoms with van der Waals surface area (Å²) in [5.74, 6) is -2.30. The summed E-state index contributed by atoms with van der Waals surface area (Å²) in [6.07, 6.45) is 3.02. The molecule has 138 valence electrons. The number of aliphatic hydroxyl groups excluding tert-OH is 1. The summed E-state index contributed by atoms with van der Waals surface area (Å²) < 4.78 is 13.4. The number of ketones is 1. The van der Waals surface area contributed by atoms with Crippen LogP contribution in [-0.2, 0) is 9.59 Å². The predicted molar refractivity (Wildman–Crippen MR) is 102 cm³/mol. The molecule has 4 rings (SSSR count). The molecule has 1 aromatic heterocycles. The van der Waals surface area contributed by atoms with Crippen LogP contribution in [-0.4, -0.2) is 21.8 Å². The zero-order chi connectivity index (χ0) is 19.7. The topological polar surface area (TPSA) is 70.5 Å². The molecule has 28 heavy (non-hydrogen) atoms. The molecule has 1 saturated heterocycles. The molecule has 2 heterocycles. The van der Waals surface area contributed by atoms with E-state index in [0.29, 0.717) is 16.8 Å². The maximum Gasteiger partial charge on any atom is 0.300 e. The third-order valence-corrected chi connectivity index (χ3v) is 4.60. The Hall–Kier alpha value is -3.80. The molecule has 1 fully saturated rings. The van der Waals surface area contributed by atoms with Gasteiger partial charge in [0.25, 0.3) is 11.7 Å². The van der Waals surface area contributed by atoms with Crippen molar-refractivity contribution >= 4 is 23.1 Å². The van der Waals surface area contributed by atoms with Crippen LogP contribution in [0.15, 0.2) is 84.7 Å². The maximum atomic E-state index is 13.4. The molecule has 0 radical (unpaired) electrons. The van der Waals surface area contributed by atoms with Crippen LogP contribution >= 0.6 is 0 Å². The highest BCUT2D eigenvalue weighted by Crippen LogP contribution is 2.41. The molecule has 0 aliphatic carbocycles. The van der Waals surface area contributed by atoms with E-state index in [-0.39, 0.29) is 11.3 Å². The van der Waals surface area contributed by atoms with Crippen molar-refractivity contribution in [3.8, 4) is 0 Å². The van der Waals surface area contributed by atoms with E-state index in [4.69, 9.17) is 0 Å². The Kier molecular flexibility index (Phi) is 4.45. The van der Waals surface area contributed by atoms with Gasteiger partial charge in [0.15, 0.2) is 0 Å². The Morgan fingerprint density at radius 1 is 0.964 bits per heavy atom. The first-order chi connectivity index (χ1) is 13.6. The number of Topliss-reactive ketones (excluding diaryl/α,β-unsaturated/α-hetero) is 1. The van der Waals surface area contributed by atoms with Gasteiger partial charge in [-0.1, -0.05) is 42.5 Å². The lowest BCUT2D eigenvalue weighted by Gasteiger charge is -2.25. The van der Waals surface area contributed by atoms with E-state index < -0.39 is 23.5 Å². The van der Waals surface area contributed by atoms with Crippen LogP contribution in [0, 0.1) is 5.82 Å². The van der Waals surface area contributed by atoms with Crippen molar-refractivity contribution in [2.24, 2.45) is 0 Å². The Labute approximate surface area is 160 Å². The predicted octanol–water partition coefficient (Wildman–Crippen LogP) is 3.85. The van der Waals surface area contributed by atoms with Crippen LogP contribution in [0.25, 0.3) is 5.76 Å². The van der Waals surface area contributed by atoms with Gasteiger partial charge in [-0.15, -0.1) is 0 Å². The van der Waals surface area contributed by atoms with Crippen LogP contribution in [0.3, 0.4) is 0 Å². The molecule has 2 aromatic carbocycles. The minimum Gasteiger partial charge on any atom is -0.507 e. The van der Waals surface area contributed by atoms with Crippen LogP contribution < -0.4 is 4.90 Å². The first kappa shape index (κ1) is 17.6. The lowest BCUT2D eigenvalue weighted by Crippen LogP contribution is -2.29. The maximum absolute atomic E-state index is 13.4. The second-order valence-electron chi connectivity index (χ2n) is 6.30. The number of halogens is 1. The van der Waals surface area contributed by atoms with Gasteiger partial charge in [0, 0.05) is 11.8 Å². The molecule has 1 amide bonds. The normalized spacial score (nSPS) is 18.5. The third-order valence-electron chi connectivity index (χ3n) is 4.60. The number of pyridine rings is 1. The average molecular weight is 374 g/mol. The number of aromatic nitrogens is 1. The molecule has 1 N–H and O–H groups in total. The van der Waals surface area contributed by atoms with Crippen LogP contribution in [0.1, 0.15) is 17.2 Å². The van der Waals surface area contributed by atoms with E-state index in [2.05, 4.69) is 4.98 Å². The minimum atomic E-state index is -0.898. The molecule has 1 atom stereocenters. The molecule has 5 nitrogen and oxygen atoms in total. The number of amides is 1. The quantitative estimate of drug-likeness (QED) is 0.430. The number of aliphatic hydroxyl groups is 1. The number of nitrogens with zero attached hydrogens (tertiary/aromatic N) is 2. The van der Waals surface area contributed by atoms with E-state index in [9.17, 15) is 19.1 Å². The lowest BCUT2D eigenvalue weighted by molar-refractivity contribution is -0.132. The standard InChI is InChI=1S/C22H15FN2O3/c23-16-10-8-14(9-11-16)19-18(20(26)15-5-2-1-3-6-15)21(27)22(28)25(19)17-7-4-12-24-13-17/h1-13,19,26H/b20-18+/t19-/m0/s1. The van der Waals surface area contributed by atoms with Crippen molar-refractivity contribution in [2.75, 3.05) is 4.90 Å². The van der Waals surface area contributed by atoms with Crippen LogP contribution in [0.5, 0.6) is 0 Å². The summed E-state index contributed by atoms with van der Waals surface area (Å²) in [5.41, 5.74) is 1.28. The van der Waals surface area contributed by atoms with Gasteiger partial charge in [-0.3, -0.25) is 19.5 Å². The summed E-state index contributed by atoms with van der Waals surface area (Å²) in [5, 5.41) is 10.8. The number of anilines is 1. The Morgan fingerprint density at radius 3 is 2.32 bits per heavy atom. The molecular formula is C22H15FN2O3. The van der Waals surface area contributed by atoms with Gasteiger partial charge in [0.1, 0.15) is 11.6 Å². The SMILES string of the molecule is O=C1C(=O)N(c2cccnc2)[C@@H](c2ccc(F)cc2)/C1=C(\O)c1ccccc1. The molecule has 3 aromatic rings. The minimum absolute atomic E-state index is 0.0494. The molecule has 0 saturated carbocycles. The van der Waals surface area contributed by atoms with Crippen molar-refractivity contribution in [2.45, 2.75) is 6.04 Å². The number of carbonyl (C=O) groups is 2. The Bertz CT molecular complexity index is 1060. The van der Waals surface area contributed by atoms with Gasteiger partial charge in [-0.05, 0) is 29.8 Å². The highest BCUT2D eigenvalue weighted by Gasteiger charge is 2.47. The van der Waals surface area contributed by atoms with Gasteiger partial charge in [-0.2, -0.15) is 0 Å². The van der Waals surface area contributed by atoms with Crippen LogP contribution in [0.2, 0.25) is 0 Å². The van der Waals surface area contributed by atoms with Crippen molar-refractivity contribution in [1.29, 1.82) is 0 Å². The second-order valence-corrected chi connectivity index (χ2v) is 6.30. The van der Waals surface area contributed by atoms with Crippen molar-refractivity contribution in [1.82, 2.24) is 4.98 Å². The van der Waals surface area contributed by atoms with Crippen molar-refractivity contribution in [3.05, 3.63) is 102 Å². The Morgan fingerprint density at radius 2 is 1.68 bits per heavy atom. The van der Waals surface area contributed by atoms with Gasteiger partial charge in [0.05, 0.1) is 23.5 Å². The van der Waals surface area contributed by atoms with E-state index in [0.717, 1.165) is 0 Å². The smallest absolute Gasteiger partial charge is 0.300 e. The average Bonchev–Trinajstić information content (AvgIpc) is 3.00. The Balaban J connectivity index is 1.95. The van der Waals surface area contributed by atoms with Gasteiger partial charge in [-0.25, -0.2) is 4.39 Å². The summed E-state index contributed by atoms with van der Waals surface area (Å²) in [6.45, 7) is 0. The van der Waals surface area contributed by atoms with Gasteiger partial charge < -0.3 is 5.11 Å². The van der Waals surface area contributed by atoms with E-state index in [1.165, 1.54) is 35.4 Å². The fourth-order valence-electron chi connectivity index (χ4n) is 3.31. The molecule has 0 bridgehead atoms. The van der Waals surface area contributed by atoms with Crippen LogP contribution in [0.4, 0.5) is 10.1 Å². The molecular weight excluding hydrogens is 359 g/mol. The van der Waals surface area contributed by atoms with Crippen molar-refractivity contribution < 1.29 is 19.1 Å². The number of hydrogen-bond donors (Lipinski definition) is 1. The van der Waals surface area contributed by atoms with E-state index >= 15 is 0 Å². The number of hydrogen-bond acceptors (Lipinski definition) is 4. The third kappa shape index (κ3) is 2.95. The molecule has 6 heteroatoms. The first-order valence-electron chi connectivity index (χ1n) is 8.60. The van der Waals surface area contributed by atoms with Gasteiger partial charge >= 0.3 is 0 Å². The zero-order valence-electron chi connectivity index (χ0n) is 14.6. The largest absolute Gasteiger partial charge is 0.507 e. The molecule has 1 aliphatic rings. The molecule has 1 aliphatic heterocycles. The van der Waals surface area contributed by atoms with Crippen molar-refractivity contribution in [3.63, 3.8) is 0 Å². The fraction of sp³-hybridized carbons (Fsp3) is 0.0455. The first-order valence-corrected chi connectivity index (χ1v) is 8.60. The van der Waals surface area contributed by atoms with E-state index in [1.54, 1.807) is 48.7 Å². The van der Waals surface area contributed by atoms with Gasteiger partial charge in [0.2, 0.25) is 0 Å².